The summed E-state index contributed by atoms with van der Waals surface area (Å²) in [4.78, 5) is 15.4. The van der Waals surface area contributed by atoms with Crippen molar-refractivity contribution in [1.82, 2.24) is 4.90 Å². The molecule has 3 rings (SSSR count). The van der Waals surface area contributed by atoms with Crippen LogP contribution in [0.1, 0.15) is 36.5 Å². The van der Waals surface area contributed by atoms with Gasteiger partial charge in [-0.2, -0.15) is 0 Å². The van der Waals surface area contributed by atoms with Gasteiger partial charge in [0.25, 0.3) is 5.91 Å². The number of carbonyl (C=O) groups excluding carboxylic acids is 1. The zero-order valence-electron chi connectivity index (χ0n) is 18.2. The Morgan fingerprint density at radius 3 is 2.53 bits per heavy atom. The molecule has 1 heterocycles. The highest BCUT2D eigenvalue weighted by molar-refractivity contribution is 7.80. The topological polar surface area (TPSA) is 50.8 Å². The van der Waals surface area contributed by atoms with Crippen LogP contribution in [0.25, 0.3) is 0 Å². The molecule has 0 radical (unpaired) electrons. The number of hydrogen-bond donors (Lipinski definition) is 1. The minimum absolute atomic E-state index is 0.0997. The van der Waals surface area contributed by atoms with E-state index in [9.17, 15) is 4.79 Å². The van der Waals surface area contributed by atoms with E-state index in [-0.39, 0.29) is 12.5 Å². The van der Waals surface area contributed by atoms with Gasteiger partial charge in [-0.1, -0.05) is 36.8 Å². The van der Waals surface area contributed by atoms with Crippen LogP contribution in [0, 0.1) is 19.8 Å². The van der Waals surface area contributed by atoms with Gasteiger partial charge < -0.3 is 19.7 Å². The first-order valence-corrected chi connectivity index (χ1v) is 10.8. The van der Waals surface area contributed by atoms with Crippen molar-refractivity contribution in [3.63, 3.8) is 0 Å². The zero-order valence-corrected chi connectivity index (χ0v) is 19.0. The van der Waals surface area contributed by atoms with Crippen LogP contribution in [0.2, 0.25) is 0 Å². The number of nitrogens with zero attached hydrogens (tertiary/aromatic N) is 1. The Morgan fingerprint density at radius 1 is 1.13 bits per heavy atom. The van der Waals surface area contributed by atoms with Gasteiger partial charge in [-0.05, 0) is 62.4 Å². The van der Waals surface area contributed by atoms with Crippen molar-refractivity contribution in [3.05, 3.63) is 53.1 Å². The number of anilines is 1. The van der Waals surface area contributed by atoms with Gasteiger partial charge in [0.1, 0.15) is 4.99 Å². The number of ether oxygens (including phenoxy) is 2. The van der Waals surface area contributed by atoms with E-state index in [0.29, 0.717) is 11.5 Å². The lowest BCUT2D eigenvalue weighted by Crippen LogP contribution is -2.37. The summed E-state index contributed by atoms with van der Waals surface area (Å²) >= 11 is 5.70. The van der Waals surface area contributed by atoms with Gasteiger partial charge in [0.2, 0.25) is 0 Å². The fourth-order valence-electron chi connectivity index (χ4n) is 3.60. The number of carbonyl (C=O) groups is 1. The predicted molar refractivity (Wildman–Crippen MR) is 125 cm³/mol. The summed E-state index contributed by atoms with van der Waals surface area (Å²) in [6.07, 6.45) is 2.32. The number of nitrogens with one attached hydrogen (secondary N) is 1. The van der Waals surface area contributed by atoms with E-state index in [2.05, 4.69) is 17.1 Å². The molecule has 160 valence electrons. The second-order valence-electron chi connectivity index (χ2n) is 8.00. The molecular formula is C24H30N2O3S. The summed E-state index contributed by atoms with van der Waals surface area (Å²) < 4.78 is 11.2. The molecule has 1 fully saturated rings. The van der Waals surface area contributed by atoms with Crippen molar-refractivity contribution in [2.75, 3.05) is 32.1 Å². The maximum atomic E-state index is 12.3. The van der Waals surface area contributed by atoms with Gasteiger partial charge in [0, 0.05) is 24.3 Å². The molecule has 0 spiro atoms. The summed E-state index contributed by atoms with van der Waals surface area (Å²) in [6.45, 7) is 8.15. The van der Waals surface area contributed by atoms with Crippen molar-refractivity contribution >= 4 is 28.8 Å². The molecule has 1 N–H and O–H groups in total. The molecule has 1 amide bonds. The molecule has 6 heteroatoms. The molecule has 2 aromatic carbocycles. The minimum Gasteiger partial charge on any atom is -0.493 e. The highest BCUT2D eigenvalue weighted by Crippen LogP contribution is 2.29. The lowest BCUT2D eigenvalue weighted by molar-refractivity contribution is -0.118. The lowest BCUT2D eigenvalue weighted by Gasteiger charge is -2.32. The normalized spacial score (nSPS) is 14.3. The van der Waals surface area contributed by atoms with Gasteiger partial charge in [-0.3, -0.25) is 4.79 Å². The molecule has 0 unspecified atom stereocenters. The van der Waals surface area contributed by atoms with E-state index in [4.69, 9.17) is 21.7 Å². The van der Waals surface area contributed by atoms with E-state index in [1.165, 1.54) is 0 Å². The standard InChI is InChI=1S/C24H30N2O3S/c1-16-9-11-26(12-10-16)24(30)19-6-8-21(22(14-19)28-4)29-15-23(27)25-20-7-5-17(2)13-18(20)3/h5-8,13-14,16H,9-12,15H2,1-4H3,(H,25,27). The van der Waals surface area contributed by atoms with E-state index in [1.54, 1.807) is 7.11 Å². The number of thiocarbonyl (C=S) groups is 1. The Morgan fingerprint density at radius 2 is 1.87 bits per heavy atom. The molecule has 0 saturated carbocycles. The molecule has 1 aliphatic heterocycles. The second-order valence-corrected chi connectivity index (χ2v) is 8.38. The van der Waals surface area contributed by atoms with Gasteiger partial charge in [0.15, 0.2) is 18.1 Å². The van der Waals surface area contributed by atoms with Crippen molar-refractivity contribution in [3.8, 4) is 11.5 Å². The Bertz CT molecular complexity index is 921. The number of hydrogen-bond acceptors (Lipinski definition) is 4. The quantitative estimate of drug-likeness (QED) is 0.677. The highest BCUT2D eigenvalue weighted by atomic mass is 32.1. The van der Waals surface area contributed by atoms with Crippen molar-refractivity contribution in [2.45, 2.75) is 33.6 Å². The number of amides is 1. The number of likely N-dealkylation sites (tertiary alicyclic amines) is 1. The molecule has 30 heavy (non-hydrogen) atoms. The Balaban J connectivity index is 1.62. The average molecular weight is 427 g/mol. The predicted octanol–water partition coefficient (Wildman–Crippen LogP) is 4.74. The summed E-state index contributed by atoms with van der Waals surface area (Å²) in [6, 6.07) is 11.5. The minimum atomic E-state index is -0.217. The van der Waals surface area contributed by atoms with E-state index in [0.717, 1.165) is 59.2 Å². The molecule has 0 aliphatic carbocycles. The van der Waals surface area contributed by atoms with Crippen LogP contribution < -0.4 is 14.8 Å². The van der Waals surface area contributed by atoms with E-state index >= 15 is 0 Å². The van der Waals surface area contributed by atoms with Crippen LogP contribution >= 0.6 is 12.2 Å². The largest absolute Gasteiger partial charge is 0.493 e. The van der Waals surface area contributed by atoms with Gasteiger partial charge >= 0.3 is 0 Å². The van der Waals surface area contributed by atoms with Gasteiger partial charge in [0.05, 0.1) is 7.11 Å². The first kappa shape index (κ1) is 22.1. The smallest absolute Gasteiger partial charge is 0.262 e. The fourth-order valence-corrected chi connectivity index (χ4v) is 3.91. The maximum absolute atomic E-state index is 12.3. The maximum Gasteiger partial charge on any atom is 0.262 e. The Hall–Kier alpha value is -2.60. The molecule has 0 bridgehead atoms. The molecule has 0 aromatic heterocycles. The molecule has 2 aromatic rings. The Kier molecular flexibility index (Phi) is 7.32. The van der Waals surface area contributed by atoms with Gasteiger partial charge in [-0.25, -0.2) is 0 Å². The van der Waals surface area contributed by atoms with E-state index < -0.39 is 0 Å². The number of rotatable bonds is 6. The number of aryl methyl sites for hydroxylation is 2. The average Bonchev–Trinajstić information content (AvgIpc) is 2.74. The van der Waals surface area contributed by atoms with Crippen LogP contribution in [0.3, 0.4) is 0 Å². The lowest BCUT2D eigenvalue weighted by atomic mass is 9.99. The van der Waals surface area contributed by atoms with Crippen LogP contribution in [0.15, 0.2) is 36.4 Å². The Labute approximate surface area is 184 Å². The second kappa shape index (κ2) is 9.94. The van der Waals surface area contributed by atoms with Crippen LogP contribution in [0.5, 0.6) is 11.5 Å². The first-order valence-electron chi connectivity index (χ1n) is 10.3. The highest BCUT2D eigenvalue weighted by Gasteiger charge is 2.20. The molecule has 5 nitrogen and oxygen atoms in total. The third kappa shape index (κ3) is 5.51. The fraction of sp³-hybridized carbons (Fsp3) is 0.417. The summed E-state index contributed by atoms with van der Waals surface area (Å²) in [7, 11) is 1.59. The third-order valence-corrected chi connectivity index (χ3v) is 5.99. The number of benzene rings is 2. The third-order valence-electron chi connectivity index (χ3n) is 5.50. The van der Waals surface area contributed by atoms with Crippen molar-refractivity contribution in [2.24, 2.45) is 5.92 Å². The van der Waals surface area contributed by atoms with Crippen molar-refractivity contribution < 1.29 is 14.3 Å². The molecule has 0 atom stereocenters. The summed E-state index contributed by atoms with van der Waals surface area (Å²) in [5, 5.41) is 2.89. The SMILES string of the molecule is COc1cc(C(=S)N2CCC(C)CC2)ccc1OCC(=O)Nc1ccc(C)cc1C. The van der Waals surface area contributed by atoms with Crippen LogP contribution in [-0.2, 0) is 4.79 Å². The molecular weight excluding hydrogens is 396 g/mol. The van der Waals surface area contributed by atoms with Crippen LogP contribution in [-0.4, -0.2) is 42.6 Å². The summed E-state index contributed by atoms with van der Waals surface area (Å²) in [5.41, 5.74) is 3.90. The monoisotopic (exact) mass is 426 g/mol. The van der Waals surface area contributed by atoms with Crippen molar-refractivity contribution in [1.29, 1.82) is 0 Å². The van der Waals surface area contributed by atoms with Gasteiger partial charge in [-0.15, -0.1) is 0 Å². The number of piperidine rings is 1. The first-order chi connectivity index (χ1) is 14.4. The van der Waals surface area contributed by atoms with E-state index in [1.807, 2.05) is 50.2 Å². The van der Waals surface area contributed by atoms with Crippen LogP contribution in [0.4, 0.5) is 5.69 Å². The number of methoxy groups -OCH3 is 1. The molecule has 1 saturated heterocycles. The summed E-state index contributed by atoms with van der Waals surface area (Å²) in [5.74, 6) is 1.63. The molecule has 1 aliphatic rings. The zero-order chi connectivity index (χ0) is 21.7.